The Balaban J connectivity index is 2.26. The van der Waals surface area contributed by atoms with Gasteiger partial charge in [0, 0.05) is 6.42 Å². The van der Waals surface area contributed by atoms with Crippen molar-refractivity contribution >= 4 is 0 Å². The van der Waals surface area contributed by atoms with E-state index in [-0.39, 0.29) is 18.0 Å². The minimum absolute atomic E-state index is 0.126. The van der Waals surface area contributed by atoms with E-state index < -0.39 is 0 Å². The summed E-state index contributed by atoms with van der Waals surface area (Å²) < 4.78 is 11.5. The SMILES string of the molecule is C[C@@H]1O[C@@H](C)C[C@](C)(c2ccccc2)O1. The van der Waals surface area contributed by atoms with Crippen LogP contribution in [-0.2, 0) is 15.1 Å². The molecule has 1 aliphatic heterocycles. The van der Waals surface area contributed by atoms with Gasteiger partial charge in [-0.15, -0.1) is 0 Å². The Morgan fingerprint density at radius 3 is 2.47 bits per heavy atom. The largest absolute Gasteiger partial charge is 0.350 e. The lowest BCUT2D eigenvalue weighted by Gasteiger charge is -2.41. The molecule has 3 atom stereocenters. The maximum atomic E-state index is 5.91. The van der Waals surface area contributed by atoms with Gasteiger partial charge in [0.15, 0.2) is 6.29 Å². The Labute approximate surface area is 91.2 Å². The van der Waals surface area contributed by atoms with Crippen molar-refractivity contribution in [2.24, 2.45) is 0 Å². The standard InChI is InChI=1S/C13H18O2/c1-10-9-13(3,15-11(2)14-10)12-7-5-4-6-8-12/h4-8,10-11H,9H2,1-3H3/t10-,11+,13+/m0/s1. The third-order valence-electron chi connectivity index (χ3n) is 2.91. The van der Waals surface area contributed by atoms with Crippen LogP contribution in [-0.4, -0.2) is 12.4 Å². The Bertz CT molecular complexity index is 311. The first-order valence-corrected chi connectivity index (χ1v) is 5.49. The summed E-state index contributed by atoms with van der Waals surface area (Å²) in [6, 6.07) is 10.4. The molecule has 0 spiro atoms. The van der Waals surface area contributed by atoms with Gasteiger partial charge in [0.1, 0.15) is 0 Å². The zero-order chi connectivity index (χ0) is 10.9. The van der Waals surface area contributed by atoms with Gasteiger partial charge < -0.3 is 9.47 Å². The van der Waals surface area contributed by atoms with Crippen molar-refractivity contribution in [3.63, 3.8) is 0 Å². The van der Waals surface area contributed by atoms with Crippen molar-refractivity contribution in [1.82, 2.24) is 0 Å². The average Bonchev–Trinajstić information content (AvgIpc) is 2.17. The third kappa shape index (κ3) is 2.21. The highest BCUT2D eigenvalue weighted by Crippen LogP contribution is 2.36. The first kappa shape index (κ1) is 10.7. The molecule has 2 heteroatoms. The van der Waals surface area contributed by atoms with Crippen LogP contribution in [0.2, 0.25) is 0 Å². The number of ether oxygens (including phenoxy) is 2. The van der Waals surface area contributed by atoms with E-state index in [2.05, 4.69) is 38.1 Å². The van der Waals surface area contributed by atoms with E-state index in [0.717, 1.165) is 6.42 Å². The molecule has 0 N–H and O–H groups in total. The van der Waals surface area contributed by atoms with Crippen molar-refractivity contribution in [2.45, 2.75) is 45.2 Å². The molecule has 15 heavy (non-hydrogen) atoms. The maximum absolute atomic E-state index is 5.91. The van der Waals surface area contributed by atoms with Crippen molar-refractivity contribution in [3.8, 4) is 0 Å². The van der Waals surface area contributed by atoms with Crippen LogP contribution >= 0.6 is 0 Å². The summed E-state index contributed by atoms with van der Waals surface area (Å²) in [5.41, 5.74) is 1.02. The fourth-order valence-corrected chi connectivity index (χ4v) is 2.34. The van der Waals surface area contributed by atoms with E-state index in [1.807, 2.05) is 13.0 Å². The van der Waals surface area contributed by atoms with E-state index >= 15 is 0 Å². The zero-order valence-electron chi connectivity index (χ0n) is 9.57. The lowest BCUT2D eigenvalue weighted by atomic mass is 9.89. The second-order valence-corrected chi connectivity index (χ2v) is 4.43. The Kier molecular flexibility index (Phi) is 2.81. The summed E-state index contributed by atoms with van der Waals surface area (Å²) in [5, 5.41) is 0. The van der Waals surface area contributed by atoms with E-state index in [1.54, 1.807) is 0 Å². The molecule has 2 nitrogen and oxygen atoms in total. The highest BCUT2D eigenvalue weighted by atomic mass is 16.7. The van der Waals surface area contributed by atoms with Gasteiger partial charge >= 0.3 is 0 Å². The molecule has 1 aromatic rings. The number of hydrogen-bond donors (Lipinski definition) is 0. The molecule has 0 unspecified atom stereocenters. The number of rotatable bonds is 1. The molecule has 0 aromatic heterocycles. The minimum atomic E-state index is -0.210. The normalized spacial score (nSPS) is 36.5. The highest BCUT2D eigenvalue weighted by molar-refractivity contribution is 5.22. The van der Waals surface area contributed by atoms with Crippen molar-refractivity contribution in [3.05, 3.63) is 35.9 Å². The second kappa shape index (κ2) is 3.95. The molecule has 82 valence electrons. The highest BCUT2D eigenvalue weighted by Gasteiger charge is 2.36. The number of benzene rings is 1. The minimum Gasteiger partial charge on any atom is -0.350 e. The Hall–Kier alpha value is -0.860. The van der Waals surface area contributed by atoms with Crippen molar-refractivity contribution in [1.29, 1.82) is 0 Å². The lowest BCUT2D eigenvalue weighted by Crippen LogP contribution is -2.41. The average molecular weight is 206 g/mol. The molecule has 1 saturated heterocycles. The molecular weight excluding hydrogens is 188 g/mol. The van der Waals surface area contributed by atoms with E-state index in [9.17, 15) is 0 Å². The van der Waals surface area contributed by atoms with Gasteiger partial charge in [-0.1, -0.05) is 30.3 Å². The van der Waals surface area contributed by atoms with Gasteiger partial charge in [0.25, 0.3) is 0 Å². The van der Waals surface area contributed by atoms with Crippen LogP contribution in [0.25, 0.3) is 0 Å². The molecule has 0 radical (unpaired) electrons. The van der Waals surface area contributed by atoms with E-state index in [0.29, 0.717) is 0 Å². The smallest absolute Gasteiger partial charge is 0.156 e. The van der Waals surface area contributed by atoms with Crippen LogP contribution < -0.4 is 0 Å². The number of hydrogen-bond acceptors (Lipinski definition) is 2. The first-order chi connectivity index (χ1) is 7.10. The summed E-state index contributed by atoms with van der Waals surface area (Å²) in [7, 11) is 0. The summed E-state index contributed by atoms with van der Waals surface area (Å²) in [4.78, 5) is 0. The van der Waals surface area contributed by atoms with Crippen molar-refractivity contribution in [2.75, 3.05) is 0 Å². The Morgan fingerprint density at radius 1 is 1.20 bits per heavy atom. The van der Waals surface area contributed by atoms with Crippen LogP contribution in [0, 0.1) is 0 Å². The molecule has 0 saturated carbocycles. The van der Waals surface area contributed by atoms with E-state index in [4.69, 9.17) is 9.47 Å². The van der Waals surface area contributed by atoms with Gasteiger partial charge in [0.05, 0.1) is 11.7 Å². The molecule has 1 heterocycles. The molecule has 1 fully saturated rings. The second-order valence-electron chi connectivity index (χ2n) is 4.43. The molecular formula is C13H18O2. The summed E-state index contributed by atoms with van der Waals surface area (Å²) in [6.07, 6.45) is 1.03. The fraction of sp³-hybridized carbons (Fsp3) is 0.538. The quantitative estimate of drug-likeness (QED) is 0.703. The lowest BCUT2D eigenvalue weighted by molar-refractivity contribution is -0.270. The predicted octanol–water partition coefficient (Wildman–Crippen LogP) is 3.07. The van der Waals surface area contributed by atoms with Gasteiger partial charge in [-0.25, -0.2) is 0 Å². The fourth-order valence-electron chi connectivity index (χ4n) is 2.34. The van der Waals surface area contributed by atoms with Gasteiger partial charge in [-0.05, 0) is 26.3 Å². The summed E-state index contributed by atoms with van der Waals surface area (Å²) in [5.74, 6) is 0. The van der Waals surface area contributed by atoms with Crippen LogP contribution in [0.15, 0.2) is 30.3 Å². The Morgan fingerprint density at radius 2 is 1.87 bits per heavy atom. The first-order valence-electron chi connectivity index (χ1n) is 5.49. The zero-order valence-corrected chi connectivity index (χ0v) is 9.57. The monoisotopic (exact) mass is 206 g/mol. The van der Waals surface area contributed by atoms with Crippen LogP contribution in [0.1, 0.15) is 32.8 Å². The van der Waals surface area contributed by atoms with Crippen LogP contribution in [0.5, 0.6) is 0 Å². The van der Waals surface area contributed by atoms with Gasteiger partial charge in [-0.3, -0.25) is 0 Å². The summed E-state index contributed by atoms with van der Waals surface area (Å²) >= 11 is 0. The topological polar surface area (TPSA) is 18.5 Å². The molecule has 0 bridgehead atoms. The third-order valence-corrected chi connectivity index (χ3v) is 2.91. The summed E-state index contributed by atoms with van der Waals surface area (Å²) in [6.45, 7) is 6.19. The molecule has 0 aliphatic carbocycles. The molecule has 0 amide bonds. The molecule has 2 rings (SSSR count). The maximum Gasteiger partial charge on any atom is 0.156 e. The van der Waals surface area contributed by atoms with Gasteiger partial charge in [0.2, 0.25) is 0 Å². The van der Waals surface area contributed by atoms with Crippen LogP contribution in [0.3, 0.4) is 0 Å². The molecule has 1 aromatic carbocycles. The van der Waals surface area contributed by atoms with Gasteiger partial charge in [-0.2, -0.15) is 0 Å². The van der Waals surface area contributed by atoms with E-state index in [1.165, 1.54) is 5.56 Å². The van der Waals surface area contributed by atoms with Crippen LogP contribution in [0.4, 0.5) is 0 Å². The molecule has 1 aliphatic rings. The van der Waals surface area contributed by atoms with Crippen molar-refractivity contribution < 1.29 is 9.47 Å². The predicted molar refractivity (Wildman–Crippen MR) is 59.5 cm³/mol.